The molecule has 196 valence electrons. The van der Waals surface area contributed by atoms with E-state index in [1.165, 1.54) is 4.90 Å². The summed E-state index contributed by atoms with van der Waals surface area (Å²) in [5, 5.41) is 6.14. The van der Waals surface area contributed by atoms with Crippen molar-refractivity contribution in [1.82, 2.24) is 15.5 Å². The normalized spacial score (nSPS) is 14.1. The number of hydrogen-bond acceptors (Lipinski definition) is 6. The summed E-state index contributed by atoms with van der Waals surface area (Å²) in [4.78, 5) is 40.4. The third kappa shape index (κ3) is 9.42. The van der Waals surface area contributed by atoms with Crippen LogP contribution in [0.25, 0.3) is 0 Å². The highest BCUT2D eigenvalue weighted by molar-refractivity contribution is 14.2. The first-order valence-corrected chi connectivity index (χ1v) is 15.2. The van der Waals surface area contributed by atoms with Gasteiger partial charge in [-0.25, -0.2) is 4.79 Å². The van der Waals surface area contributed by atoms with Crippen LogP contribution in [0.4, 0.5) is 0 Å². The Labute approximate surface area is 226 Å². The van der Waals surface area contributed by atoms with E-state index in [0.29, 0.717) is 12.2 Å². The van der Waals surface area contributed by atoms with Crippen LogP contribution in [-0.4, -0.2) is 67.8 Å². The van der Waals surface area contributed by atoms with Gasteiger partial charge in [0, 0.05) is 30.3 Å². The van der Waals surface area contributed by atoms with Crippen molar-refractivity contribution in [3.63, 3.8) is 0 Å². The average molecular weight is 618 g/mol. The summed E-state index contributed by atoms with van der Waals surface area (Å²) in [5.74, 6) is -0.139. The molecule has 1 aromatic rings. The topological polar surface area (TPSA) is 87.7 Å². The zero-order valence-corrected chi connectivity index (χ0v) is 25.1. The van der Waals surface area contributed by atoms with Gasteiger partial charge in [-0.2, -0.15) is 0 Å². The second kappa shape index (κ2) is 14.2. The lowest BCUT2D eigenvalue weighted by Gasteiger charge is -2.38. The molecule has 0 aliphatic carbocycles. The first kappa shape index (κ1) is 31.4. The van der Waals surface area contributed by atoms with Crippen LogP contribution < -0.4 is 10.6 Å². The van der Waals surface area contributed by atoms with Gasteiger partial charge in [0.25, 0.3) is 0 Å². The Morgan fingerprint density at radius 1 is 1.11 bits per heavy atom. The third-order valence-electron chi connectivity index (χ3n) is 5.95. The maximum atomic E-state index is 13.4. The Morgan fingerprint density at radius 2 is 1.71 bits per heavy atom. The number of rotatable bonds is 12. The van der Waals surface area contributed by atoms with Crippen molar-refractivity contribution in [2.45, 2.75) is 59.0 Å². The molecule has 2 amide bonds. The molecule has 0 heterocycles. The molecule has 0 aliphatic heterocycles. The van der Waals surface area contributed by atoms with Crippen LogP contribution in [-0.2, 0) is 24.5 Å². The Morgan fingerprint density at radius 3 is 2.23 bits per heavy atom. The largest absolute Gasteiger partial charge is 0.461 e. The average Bonchev–Trinajstić information content (AvgIpc) is 2.80. The fourth-order valence-electron chi connectivity index (χ4n) is 3.68. The molecule has 0 aromatic heterocycles. The van der Waals surface area contributed by atoms with Crippen molar-refractivity contribution in [3.05, 3.63) is 47.5 Å². The van der Waals surface area contributed by atoms with Gasteiger partial charge in [0.2, 0.25) is 11.8 Å². The van der Waals surface area contributed by atoms with E-state index in [1.54, 1.807) is 36.0 Å². The van der Waals surface area contributed by atoms with Crippen molar-refractivity contribution in [1.29, 1.82) is 0 Å². The third-order valence-corrected chi connectivity index (χ3v) is 7.60. The number of carbonyl (C=O) groups is 3. The van der Waals surface area contributed by atoms with Crippen molar-refractivity contribution >= 4 is 47.9 Å². The fraction of sp³-hybridized carbons (Fsp3) is 0.577. The number of halogens is 1. The maximum Gasteiger partial charge on any atom is 0.333 e. The van der Waals surface area contributed by atoms with Gasteiger partial charge in [-0.05, 0) is 46.2 Å². The number of esters is 1. The summed E-state index contributed by atoms with van der Waals surface area (Å²) in [6, 6.07) is 8.54. The first-order valence-electron chi connectivity index (χ1n) is 11.6. The molecular weight excluding hydrogens is 577 g/mol. The van der Waals surface area contributed by atoms with E-state index in [1.807, 2.05) is 65.0 Å². The number of amides is 2. The molecule has 1 aromatic carbocycles. The quantitative estimate of drug-likeness (QED) is 0.159. The smallest absolute Gasteiger partial charge is 0.333 e. The first-order chi connectivity index (χ1) is 16.3. The number of nitrogens with zero attached hydrogens (tertiary/aromatic N) is 1. The summed E-state index contributed by atoms with van der Waals surface area (Å²) in [5.41, 5.74) is 0.438. The molecule has 0 saturated carbocycles. The molecule has 0 fully saturated rings. The monoisotopic (exact) mass is 617 g/mol. The Kier molecular flexibility index (Phi) is 12.8. The minimum atomic E-state index is -0.747. The second-order valence-corrected chi connectivity index (χ2v) is 12.7. The molecule has 2 atom stereocenters. The van der Waals surface area contributed by atoms with Crippen LogP contribution in [0.3, 0.4) is 0 Å². The fourth-order valence-corrected chi connectivity index (χ4v) is 4.36. The van der Waals surface area contributed by atoms with Gasteiger partial charge in [-0.3, -0.25) is 9.59 Å². The molecular formula is C26H40IN3O4S. The molecule has 0 aliphatic rings. The standard InChI is InChI=1S/C26H40IN3O4S/c1-18(24(33)34-16-17-35-27)14-15-30(8)23(32)21(25(2,3)4)29-22(31)20(28-7)26(5,6)19-12-10-9-11-13-19/h9-14,20-21,28H,15-17H2,1-8H3,(H,29,31)/b18-14+. The number of benzene rings is 1. The summed E-state index contributed by atoms with van der Waals surface area (Å²) in [6.45, 7) is 12.0. The number of ether oxygens (including phenoxy) is 1. The molecule has 7 nitrogen and oxygen atoms in total. The molecule has 9 heteroatoms. The Balaban J connectivity index is 2.99. The highest BCUT2D eigenvalue weighted by atomic mass is 127. The van der Waals surface area contributed by atoms with Crippen molar-refractivity contribution in [3.8, 4) is 0 Å². The van der Waals surface area contributed by atoms with E-state index in [0.717, 1.165) is 11.3 Å². The molecule has 1 rings (SSSR count). The van der Waals surface area contributed by atoms with Gasteiger partial charge in [0.15, 0.2) is 0 Å². The molecule has 0 bridgehead atoms. The van der Waals surface area contributed by atoms with Crippen LogP contribution in [0.15, 0.2) is 42.0 Å². The van der Waals surface area contributed by atoms with E-state index in [2.05, 4.69) is 31.8 Å². The lowest BCUT2D eigenvalue weighted by molar-refractivity contribution is -0.139. The zero-order chi connectivity index (χ0) is 26.8. The lowest BCUT2D eigenvalue weighted by Crippen LogP contribution is -2.60. The predicted octanol–water partition coefficient (Wildman–Crippen LogP) is 4.11. The van der Waals surface area contributed by atoms with Gasteiger partial charge < -0.3 is 20.3 Å². The molecule has 0 radical (unpaired) electrons. The highest BCUT2D eigenvalue weighted by Crippen LogP contribution is 2.28. The van der Waals surface area contributed by atoms with E-state index in [-0.39, 0.29) is 18.4 Å². The maximum absolute atomic E-state index is 13.4. The predicted molar refractivity (Wildman–Crippen MR) is 153 cm³/mol. The molecule has 0 spiro atoms. The number of likely N-dealkylation sites (N-methyl/N-ethyl adjacent to an activating group) is 2. The summed E-state index contributed by atoms with van der Waals surface area (Å²) < 4.78 is 5.20. The lowest BCUT2D eigenvalue weighted by atomic mass is 9.76. The summed E-state index contributed by atoms with van der Waals surface area (Å²) in [6.07, 6.45) is 1.67. The van der Waals surface area contributed by atoms with Crippen LogP contribution >= 0.6 is 30.1 Å². The van der Waals surface area contributed by atoms with E-state index >= 15 is 0 Å². The van der Waals surface area contributed by atoms with Crippen LogP contribution in [0.5, 0.6) is 0 Å². The molecule has 2 unspecified atom stereocenters. The van der Waals surface area contributed by atoms with Gasteiger partial charge in [-0.15, -0.1) is 0 Å². The van der Waals surface area contributed by atoms with Crippen LogP contribution in [0.1, 0.15) is 47.1 Å². The van der Waals surface area contributed by atoms with E-state index in [4.69, 9.17) is 4.74 Å². The van der Waals surface area contributed by atoms with Crippen LogP contribution in [0, 0.1) is 5.41 Å². The van der Waals surface area contributed by atoms with Crippen molar-refractivity contribution in [2.75, 3.05) is 33.0 Å². The molecule has 35 heavy (non-hydrogen) atoms. The van der Waals surface area contributed by atoms with Gasteiger partial charge in [0.05, 0.1) is 6.04 Å². The van der Waals surface area contributed by atoms with E-state index in [9.17, 15) is 14.4 Å². The zero-order valence-electron chi connectivity index (χ0n) is 22.1. The SMILES string of the molecule is CNC(C(=O)NC(C(=O)N(C)C/C=C(\C)C(=O)OCCSI)C(C)(C)C)C(C)(C)c1ccccc1. The highest BCUT2D eigenvalue weighted by Gasteiger charge is 2.40. The second-order valence-electron chi connectivity index (χ2n) is 10.2. The van der Waals surface area contributed by atoms with Gasteiger partial charge in [0.1, 0.15) is 12.6 Å². The summed E-state index contributed by atoms with van der Waals surface area (Å²) in [7, 11) is 4.99. The van der Waals surface area contributed by atoms with Crippen molar-refractivity contribution in [2.24, 2.45) is 5.41 Å². The minimum Gasteiger partial charge on any atom is -0.461 e. The Hall–Kier alpha value is -1.59. The Bertz CT molecular complexity index is 884. The molecule has 2 N–H and O–H groups in total. The van der Waals surface area contributed by atoms with Gasteiger partial charge in [-0.1, -0.05) is 80.0 Å². The molecule has 0 saturated heterocycles. The number of nitrogens with one attached hydrogen (secondary N) is 2. The number of carbonyl (C=O) groups excluding carboxylic acids is 3. The summed E-state index contributed by atoms with van der Waals surface area (Å²) >= 11 is 2.15. The van der Waals surface area contributed by atoms with Gasteiger partial charge >= 0.3 is 5.97 Å². The van der Waals surface area contributed by atoms with E-state index < -0.39 is 28.9 Å². The van der Waals surface area contributed by atoms with Crippen molar-refractivity contribution < 1.29 is 19.1 Å². The van der Waals surface area contributed by atoms with Crippen LogP contribution in [0.2, 0.25) is 0 Å². The minimum absolute atomic E-state index is 0.225. The number of hydrogen-bond donors (Lipinski definition) is 2.